The number of esters is 1. The standard InChI is InChI=1S/C27H29NO4/c1-20(2)16-17-31-26(29)25-15-9-8-14-24(25)23-13-7-6-12-22(23)18-28-27(30)32-19-21-10-4-3-5-11-21/h3-15,20H,16-19H2,1-2H3,(H,28,30). The van der Waals surface area contributed by atoms with Gasteiger partial charge in [-0.3, -0.25) is 0 Å². The summed E-state index contributed by atoms with van der Waals surface area (Å²) in [6.45, 7) is 5.06. The van der Waals surface area contributed by atoms with Crippen molar-refractivity contribution < 1.29 is 19.1 Å². The van der Waals surface area contributed by atoms with Gasteiger partial charge in [-0.15, -0.1) is 0 Å². The molecule has 3 rings (SSSR count). The van der Waals surface area contributed by atoms with E-state index in [1.54, 1.807) is 6.07 Å². The van der Waals surface area contributed by atoms with Crippen molar-refractivity contribution in [1.82, 2.24) is 5.32 Å². The van der Waals surface area contributed by atoms with Crippen molar-refractivity contribution in [3.63, 3.8) is 0 Å². The monoisotopic (exact) mass is 431 g/mol. The number of ether oxygens (including phenoxy) is 2. The normalized spacial score (nSPS) is 10.6. The highest BCUT2D eigenvalue weighted by molar-refractivity contribution is 5.97. The molecule has 0 aliphatic heterocycles. The second kappa shape index (κ2) is 11.7. The topological polar surface area (TPSA) is 64.6 Å². The van der Waals surface area contributed by atoms with Gasteiger partial charge in [0.1, 0.15) is 6.61 Å². The van der Waals surface area contributed by atoms with Crippen LogP contribution in [-0.2, 0) is 22.6 Å². The number of hydrogen-bond acceptors (Lipinski definition) is 4. The van der Waals surface area contributed by atoms with Crippen molar-refractivity contribution in [2.24, 2.45) is 5.92 Å². The number of hydrogen-bond donors (Lipinski definition) is 1. The quantitative estimate of drug-likeness (QED) is 0.423. The van der Waals surface area contributed by atoms with E-state index in [9.17, 15) is 9.59 Å². The number of benzene rings is 3. The molecule has 0 aliphatic rings. The number of carbonyl (C=O) groups is 2. The molecule has 0 spiro atoms. The smallest absolute Gasteiger partial charge is 0.407 e. The lowest BCUT2D eigenvalue weighted by Crippen LogP contribution is -2.24. The predicted molar refractivity (Wildman–Crippen MR) is 125 cm³/mol. The molecule has 3 aromatic rings. The van der Waals surface area contributed by atoms with Crippen molar-refractivity contribution in [2.45, 2.75) is 33.4 Å². The largest absolute Gasteiger partial charge is 0.462 e. The van der Waals surface area contributed by atoms with Gasteiger partial charge < -0.3 is 14.8 Å². The summed E-state index contributed by atoms with van der Waals surface area (Å²) in [6.07, 6.45) is 0.324. The highest BCUT2D eigenvalue weighted by Crippen LogP contribution is 2.28. The van der Waals surface area contributed by atoms with Crippen LogP contribution in [0.2, 0.25) is 0 Å². The molecule has 0 unspecified atom stereocenters. The van der Waals surface area contributed by atoms with Crippen molar-refractivity contribution in [3.05, 3.63) is 95.6 Å². The highest BCUT2D eigenvalue weighted by Gasteiger charge is 2.16. The molecule has 32 heavy (non-hydrogen) atoms. The van der Waals surface area contributed by atoms with Gasteiger partial charge in [0.2, 0.25) is 0 Å². The third kappa shape index (κ3) is 6.71. The Morgan fingerprint density at radius 2 is 1.47 bits per heavy atom. The predicted octanol–water partition coefficient (Wildman–Crippen LogP) is 5.98. The maximum absolute atomic E-state index is 12.7. The van der Waals surface area contributed by atoms with Gasteiger partial charge >= 0.3 is 12.1 Å². The molecule has 1 amide bonds. The molecule has 0 saturated carbocycles. The Labute approximate surface area is 189 Å². The van der Waals surface area contributed by atoms with Crippen LogP contribution >= 0.6 is 0 Å². The SMILES string of the molecule is CC(C)CCOC(=O)c1ccccc1-c1ccccc1CNC(=O)OCc1ccccc1. The molecular weight excluding hydrogens is 402 g/mol. The zero-order valence-corrected chi connectivity index (χ0v) is 18.5. The second-order valence-electron chi connectivity index (χ2n) is 7.94. The van der Waals surface area contributed by atoms with Gasteiger partial charge in [0.25, 0.3) is 0 Å². The van der Waals surface area contributed by atoms with E-state index >= 15 is 0 Å². The average molecular weight is 432 g/mol. The third-order valence-corrected chi connectivity index (χ3v) is 5.02. The molecule has 1 N–H and O–H groups in total. The minimum Gasteiger partial charge on any atom is -0.462 e. The zero-order chi connectivity index (χ0) is 22.8. The summed E-state index contributed by atoms with van der Waals surface area (Å²) >= 11 is 0. The minimum atomic E-state index is -0.495. The first kappa shape index (κ1) is 23.1. The fraction of sp³-hybridized carbons (Fsp3) is 0.259. The van der Waals surface area contributed by atoms with Gasteiger partial charge in [0.05, 0.1) is 12.2 Å². The summed E-state index contributed by atoms with van der Waals surface area (Å²) < 4.78 is 10.8. The maximum atomic E-state index is 12.7. The molecule has 0 saturated heterocycles. The first-order valence-corrected chi connectivity index (χ1v) is 10.8. The molecule has 5 nitrogen and oxygen atoms in total. The van der Waals surface area contributed by atoms with E-state index in [4.69, 9.17) is 9.47 Å². The summed E-state index contributed by atoms with van der Waals surface area (Å²) in [6, 6.07) is 24.6. The van der Waals surface area contributed by atoms with Crippen LogP contribution in [-0.4, -0.2) is 18.7 Å². The Bertz CT molecular complexity index is 1030. The molecule has 0 fully saturated rings. The van der Waals surface area contributed by atoms with Gasteiger partial charge in [-0.1, -0.05) is 86.6 Å². The molecule has 3 aromatic carbocycles. The molecule has 0 aliphatic carbocycles. The molecule has 5 heteroatoms. The highest BCUT2D eigenvalue weighted by atomic mass is 16.5. The summed E-state index contributed by atoms with van der Waals surface area (Å²) in [5.41, 5.74) is 3.96. The lowest BCUT2D eigenvalue weighted by atomic mass is 9.95. The molecule has 0 heterocycles. The van der Waals surface area contributed by atoms with Crippen LogP contribution in [0.25, 0.3) is 11.1 Å². The van der Waals surface area contributed by atoms with E-state index in [0.29, 0.717) is 18.1 Å². The van der Waals surface area contributed by atoms with Crippen molar-refractivity contribution in [2.75, 3.05) is 6.61 Å². The van der Waals surface area contributed by atoms with Gasteiger partial charge in [0, 0.05) is 6.54 Å². The van der Waals surface area contributed by atoms with Crippen molar-refractivity contribution >= 4 is 12.1 Å². The number of alkyl carbamates (subject to hydrolysis) is 1. The molecular formula is C27H29NO4. The van der Waals surface area contributed by atoms with Crippen LogP contribution in [0.1, 0.15) is 41.8 Å². The van der Waals surface area contributed by atoms with E-state index < -0.39 is 6.09 Å². The Kier molecular flexibility index (Phi) is 8.44. The summed E-state index contributed by atoms with van der Waals surface area (Å²) in [5, 5.41) is 2.80. The van der Waals surface area contributed by atoms with E-state index in [2.05, 4.69) is 19.2 Å². The first-order chi connectivity index (χ1) is 15.5. The molecule has 0 radical (unpaired) electrons. The molecule has 166 valence electrons. The van der Waals surface area contributed by atoms with Crippen LogP contribution < -0.4 is 5.32 Å². The number of amides is 1. The molecule has 0 aromatic heterocycles. The number of nitrogens with one attached hydrogen (secondary N) is 1. The van der Waals surface area contributed by atoms with Gasteiger partial charge in [-0.05, 0) is 40.7 Å². The zero-order valence-electron chi connectivity index (χ0n) is 18.5. The van der Waals surface area contributed by atoms with Gasteiger partial charge in [0.15, 0.2) is 0 Å². The van der Waals surface area contributed by atoms with E-state index in [1.165, 1.54) is 0 Å². The summed E-state index contributed by atoms with van der Waals surface area (Å²) in [5.74, 6) is 0.123. The van der Waals surface area contributed by atoms with Crippen LogP contribution in [0.5, 0.6) is 0 Å². The van der Waals surface area contributed by atoms with Crippen LogP contribution in [0.4, 0.5) is 4.79 Å². The summed E-state index contributed by atoms with van der Waals surface area (Å²) in [7, 11) is 0. The lowest BCUT2D eigenvalue weighted by Gasteiger charge is -2.14. The fourth-order valence-electron chi connectivity index (χ4n) is 3.24. The maximum Gasteiger partial charge on any atom is 0.407 e. The molecule has 0 bridgehead atoms. The third-order valence-electron chi connectivity index (χ3n) is 5.02. The Hall–Kier alpha value is -3.60. The number of rotatable bonds is 9. The Morgan fingerprint density at radius 1 is 0.812 bits per heavy atom. The average Bonchev–Trinajstić information content (AvgIpc) is 2.82. The van der Waals surface area contributed by atoms with Gasteiger partial charge in [-0.25, -0.2) is 9.59 Å². The lowest BCUT2D eigenvalue weighted by molar-refractivity contribution is 0.0489. The second-order valence-corrected chi connectivity index (χ2v) is 7.94. The number of carbonyl (C=O) groups excluding carboxylic acids is 2. The minimum absolute atomic E-state index is 0.208. The van der Waals surface area contributed by atoms with Crippen molar-refractivity contribution in [1.29, 1.82) is 0 Å². The van der Waals surface area contributed by atoms with Crippen molar-refractivity contribution in [3.8, 4) is 11.1 Å². The van der Waals surface area contributed by atoms with Crippen LogP contribution in [0.15, 0.2) is 78.9 Å². The summed E-state index contributed by atoms with van der Waals surface area (Å²) in [4.78, 5) is 24.9. The first-order valence-electron chi connectivity index (χ1n) is 10.8. The van der Waals surface area contributed by atoms with E-state index in [-0.39, 0.29) is 19.1 Å². The van der Waals surface area contributed by atoms with Crippen LogP contribution in [0, 0.1) is 5.92 Å². The fourth-order valence-corrected chi connectivity index (χ4v) is 3.24. The van der Waals surface area contributed by atoms with Gasteiger partial charge in [-0.2, -0.15) is 0 Å². The van der Waals surface area contributed by atoms with Crippen LogP contribution in [0.3, 0.4) is 0 Å². The van der Waals surface area contributed by atoms with E-state index in [1.807, 2.05) is 72.8 Å². The molecule has 0 atom stereocenters. The van der Waals surface area contributed by atoms with E-state index in [0.717, 1.165) is 28.7 Å². The Morgan fingerprint density at radius 3 is 2.22 bits per heavy atom. The Balaban J connectivity index is 1.68.